The summed E-state index contributed by atoms with van der Waals surface area (Å²) in [5.41, 5.74) is 4.03. The number of benzene rings is 4. The van der Waals surface area contributed by atoms with Gasteiger partial charge in [0.2, 0.25) is 0 Å². The van der Waals surface area contributed by atoms with Crippen molar-refractivity contribution in [1.82, 2.24) is 5.43 Å². The number of ether oxygens (including phenoxy) is 2. The molecule has 1 saturated heterocycles. The molecule has 0 radical (unpaired) electrons. The van der Waals surface area contributed by atoms with E-state index in [2.05, 4.69) is 5.43 Å². The largest absolute Gasteiger partial charge is 0.469 e. The minimum Gasteiger partial charge on any atom is -0.469 e. The van der Waals surface area contributed by atoms with Crippen LogP contribution in [-0.4, -0.2) is 37.0 Å². The van der Waals surface area contributed by atoms with Crippen molar-refractivity contribution in [3.05, 3.63) is 132 Å². The summed E-state index contributed by atoms with van der Waals surface area (Å²) in [5.74, 6) is -2.19. The first-order chi connectivity index (χ1) is 19.6. The van der Waals surface area contributed by atoms with E-state index in [1.165, 1.54) is 14.2 Å². The zero-order valence-electron chi connectivity index (χ0n) is 22.2. The van der Waals surface area contributed by atoms with Gasteiger partial charge in [-0.05, 0) is 17.7 Å². The smallest absolute Gasteiger partial charge is 0.329 e. The van der Waals surface area contributed by atoms with Crippen LogP contribution in [-0.2, 0) is 30.3 Å². The number of carbonyl (C=O) groups is 2. The van der Waals surface area contributed by atoms with E-state index in [-0.39, 0.29) is 0 Å². The highest BCUT2D eigenvalue weighted by atomic mass is 16.5. The summed E-state index contributed by atoms with van der Waals surface area (Å²) >= 11 is 0. The van der Waals surface area contributed by atoms with Crippen molar-refractivity contribution in [2.75, 3.05) is 19.1 Å². The Morgan fingerprint density at radius 1 is 0.725 bits per heavy atom. The van der Waals surface area contributed by atoms with E-state index in [4.69, 9.17) is 14.6 Å². The molecule has 1 N–H and O–H groups in total. The van der Waals surface area contributed by atoms with Gasteiger partial charge in [0, 0.05) is 33.3 Å². The first-order valence-corrected chi connectivity index (χ1v) is 13.1. The number of hydrogen-bond acceptors (Lipinski definition) is 7. The number of esters is 2. The highest BCUT2D eigenvalue weighted by Crippen LogP contribution is 2.62. The third-order valence-corrected chi connectivity index (χ3v) is 7.82. The van der Waals surface area contributed by atoms with E-state index < -0.39 is 35.1 Å². The summed E-state index contributed by atoms with van der Waals surface area (Å²) < 4.78 is 10.8. The molecule has 40 heavy (non-hydrogen) atoms. The Labute approximate surface area is 232 Å². The molecule has 2 heterocycles. The summed E-state index contributed by atoms with van der Waals surface area (Å²) in [7, 11) is 2.67. The highest BCUT2D eigenvalue weighted by Gasteiger charge is 2.81. The molecule has 200 valence electrons. The predicted molar refractivity (Wildman–Crippen MR) is 148 cm³/mol. The summed E-state index contributed by atoms with van der Waals surface area (Å²) in [6.45, 7) is 0. The average molecular weight is 534 g/mol. The molecule has 0 aliphatic carbocycles. The monoisotopic (exact) mass is 533 g/mol. The van der Waals surface area contributed by atoms with Gasteiger partial charge in [-0.2, -0.15) is 5.43 Å². The van der Waals surface area contributed by atoms with Crippen molar-refractivity contribution in [3.8, 4) is 0 Å². The second-order valence-corrected chi connectivity index (χ2v) is 9.75. The Balaban J connectivity index is 1.80. The van der Waals surface area contributed by atoms with E-state index in [9.17, 15) is 9.59 Å². The number of methoxy groups -OCH3 is 2. The lowest BCUT2D eigenvalue weighted by molar-refractivity contribution is -0.570. The molecule has 2 aliphatic heterocycles. The van der Waals surface area contributed by atoms with Gasteiger partial charge in [0.25, 0.3) is 11.4 Å². The van der Waals surface area contributed by atoms with Gasteiger partial charge in [0.15, 0.2) is 5.54 Å². The molecule has 0 bridgehead atoms. The Bertz CT molecular complexity index is 1550. The second-order valence-electron chi connectivity index (χ2n) is 9.75. The van der Waals surface area contributed by atoms with Gasteiger partial charge in [0.05, 0.1) is 14.2 Å². The maximum Gasteiger partial charge on any atom is 0.329 e. The zero-order chi connectivity index (χ0) is 27.7. The molecule has 2 aliphatic rings. The van der Waals surface area contributed by atoms with Crippen LogP contribution in [0.15, 0.2) is 126 Å². The SMILES string of the molecule is COC(=O)[C@@H]1[C@H](C(=O)OC)N(c2ccccc2)[C@@]2(c3ccccc3)N=[N+](c3ccccc3)N[C@@]12c1ccccc1. The van der Waals surface area contributed by atoms with Gasteiger partial charge in [-0.3, -0.25) is 4.79 Å². The third kappa shape index (κ3) is 3.52. The number of anilines is 1. The van der Waals surface area contributed by atoms with Crippen molar-refractivity contribution < 1.29 is 23.9 Å². The van der Waals surface area contributed by atoms with Gasteiger partial charge in [-0.25, -0.2) is 4.79 Å². The van der Waals surface area contributed by atoms with Gasteiger partial charge < -0.3 is 14.4 Å². The topological polar surface area (TPSA) is 83.2 Å². The van der Waals surface area contributed by atoms with E-state index in [1.807, 2.05) is 126 Å². The fourth-order valence-corrected chi connectivity index (χ4v) is 6.27. The summed E-state index contributed by atoms with van der Waals surface area (Å²) in [6, 6.07) is 37.5. The summed E-state index contributed by atoms with van der Waals surface area (Å²) in [5, 5.41) is 5.39. The van der Waals surface area contributed by atoms with Crippen molar-refractivity contribution in [2.45, 2.75) is 17.2 Å². The molecule has 0 amide bonds. The number of hydrogen-bond donors (Lipinski definition) is 1. The minimum atomic E-state index is -1.33. The number of nitrogens with zero attached hydrogens (tertiary/aromatic N) is 3. The van der Waals surface area contributed by atoms with Crippen LogP contribution in [0.2, 0.25) is 0 Å². The normalized spacial score (nSPS) is 24.9. The Hall–Kier alpha value is -4.98. The van der Waals surface area contributed by atoms with Gasteiger partial charge in [0.1, 0.15) is 12.0 Å². The van der Waals surface area contributed by atoms with Crippen molar-refractivity contribution in [3.63, 3.8) is 0 Å². The quantitative estimate of drug-likeness (QED) is 0.280. The van der Waals surface area contributed by atoms with Crippen molar-refractivity contribution in [2.24, 2.45) is 11.0 Å². The van der Waals surface area contributed by atoms with E-state index in [0.29, 0.717) is 5.69 Å². The van der Waals surface area contributed by atoms with Crippen LogP contribution in [0.5, 0.6) is 0 Å². The molecule has 0 saturated carbocycles. The molecule has 0 spiro atoms. The minimum absolute atomic E-state index is 0.560. The molecule has 0 unspecified atom stereocenters. The van der Waals surface area contributed by atoms with Crippen molar-refractivity contribution in [1.29, 1.82) is 0 Å². The van der Waals surface area contributed by atoms with Crippen LogP contribution in [0.1, 0.15) is 11.1 Å². The zero-order valence-corrected chi connectivity index (χ0v) is 22.2. The Morgan fingerprint density at radius 2 is 1.23 bits per heavy atom. The molecule has 4 aromatic carbocycles. The van der Waals surface area contributed by atoms with E-state index in [1.54, 1.807) is 4.81 Å². The van der Waals surface area contributed by atoms with Crippen LogP contribution < -0.4 is 10.3 Å². The molecular weight excluding hydrogens is 504 g/mol. The molecule has 1 fully saturated rings. The van der Waals surface area contributed by atoms with Gasteiger partial charge in [-0.1, -0.05) is 97.1 Å². The molecule has 8 nitrogen and oxygen atoms in total. The molecule has 8 heteroatoms. The van der Waals surface area contributed by atoms with E-state index >= 15 is 0 Å². The lowest BCUT2D eigenvalue weighted by atomic mass is 9.69. The lowest BCUT2D eigenvalue weighted by Gasteiger charge is -2.40. The predicted octanol–water partition coefficient (Wildman–Crippen LogP) is 4.90. The van der Waals surface area contributed by atoms with Crippen LogP contribution >= 0.6 is 0 Å². The fraction of sp³-hybridized carbons (Fsp3) is 0.188. The third-order valence-electron chi connectivity index (χ3n) is 7.82. The maximum absolute atomic E-state index is 14.0. The summed E-state index contributed by atoms with van der Waals surface area (Å²) in [6.07, 6.45) is 0. The second kappa shape index (κ2) is 9.96. The number of fused-ring (bicyclic) bond motifs is 1. The van der Waals surface area contributed by atoms with Crippen LogP contribution in [0.3, 0.4) is 0 Å². The molecule has 0 aromatic heterocycles. The van der Waals surface area contributed by atoms with E-state index in [0.717, 1.165) is 16.8 Å². The maximum atomic E-state index is 14.0. The van der Waals surface area contributed by atoms with Crippen LogP contribution in [0.4, 0.5) is 11.4 Å². The molecule has 4 aromatic rings. The lowest BCUT2D eigenvalue weighted by Crippen LogP contribution is -2.59. The summed E-state index contributed by atoms with van der Waals surface area (Å²) in [4.78, 5) is 31.4. The number of para-hydroxylation sites is 2. The highest BCUT2D eigenvalue weighted by molar-refractivity contribution is 5.92. The average Bonchev–Trinajstić information content (AvgIpc) is 3.51. The number of hydrazine groups is 1. The Kier molecular flexibility index (Phi) is 6.30. The van der Waals surface area contributed by atoms with Gasteiger partial charge >= 0.3 is 11.9 Å². The number of nitrogens with one attached hydrogen (secondary N) is 1. The first-order valence-electron chi connectivity index (χ1n) is 13.1. The standard InChI is InChI=1S/C32H29N4O4/c1-39-29(37)27-28(30(38)40-2)35(25-19-11-5-12-20-25)32(24-17-9-4-10-18-24)31(27,23-15-7-3-8-16-23)33-36(34-32)26-21-13-6-14-22-26/h3-22,27-28H,1-2H3,(H,33,34)/q+1/t27-,28+,31-,32+/m0/s1. The molecule has 6 rings (SSSR count). The van der Waals surface area contributed by atoms with Crippen LogP contribution in [0, 0.1) is 5.92 Å². The number of azo groups is 1. The first kappa shape index (κ1) is 25.3. The fourth-order valence-electron chi connectivity index (χ4n) is 6.27. The Morgan fingerprint density at radius 3 is 1.77 bits per heavy atom. The van der Waals surface area contributed by atoms with Crippen molar-refractivity contribution >= 4 is 23.3 Å². The number of rotatable bonds is 6. The molecule has 4 atom stereocenters. The molecular formula is C32H29N4O4+. The van der Waals surface area contributed by atoms with Crippen LogP contribution in [0.25, 0.3) is 0 Å². The van der Waals surface area contributed by atoms with Gasteiger partial charge in [-0.15, -0.1) is 0 Å². The number of carbonyl (C=O) groups excluding carboxylic acids is 2.